The number of ether oxygens (including phenoxy) is 3. The van der Waals surface area contributed by atoms with Crippen molar-refractivity contribution in [2.45, 2.75) is 65.0 Å². The van der Waals surface area contributed by atoms with E-state index < -0.39 is 24.3 Å². The van der Waals surface area contributed by atoms with Gasteiger partial charge in [0.15, 0.2) is 11.4 Å². The van der Waals surface area contributed by atoms with Gasteiger partial charge in [-0.25, -0.2) is 9.18 Å². The maximum Gasteiger partial charge on any atom is 0.352 e. The molecular formula is C42H41ClFNO6. The molecule has 0 amide bonds. The van der Waals surface area contributed by atoms with Gasteiger partial charge in [-0.15, -0.1) is 0 Å². The van der Waals surface area contributed by atoms with Crippen molar-refractivity contribution in [3.63, 3.8) is 0 Å². The summed E-state index contributed by atoms with van der Waals surface area (Å²) in [5.41, 5.74) is 3.75. The van der Waals surface area contributed by atoms with Gasteiger partial charge in [-0.2, -0.15) is 0 Å². The number of aromatic nitrogens is 1. The highest BCUT2D eigenvalue weighted by Gasteiger charge is 2.32. The zero-order valence-corrected chi connectivity index (χ0v) is 29.9. The van der Waals surface area contributed by atoms with Crippen molar-refractivity contribution in [2.75, 3.05) is 6.79 Å². The van der Waals surface area contributed by atoms with Gasteiger partial charge in [0.25, 0.3) is 0 Å². The molecule has 5 aromatic rings. The molecule has 0 bridgehead atoms. The Morgan fingerprint density at radius 2 is 1.49 bits per heavy atom. The number of esters is 2. The second kappa shape index (κ2) is 16.7. The van der Waals surface area contributed by atoms with Crippen LogP contribution >= 0.6 is 11.6 Å². The van der Waals surface area contributed by atoms with Gasteiger partial charge >= 0.3 is 11.9 Å². The van der Waals surface area contributed by atoms with Crippen LogP contribution in [0.5, 0.6) is 5.75 Å². The molecule has 4 aromatic carbocycles. The minimum absolute atomic E-state index is 0.168. The molecule has 0 saturated carbocycles. The lowest BCUT2D eigenvalue weighted by atomic mass is 10.0. The fourth-order valence-electron chi connectivity index (χ4n) is 5.82. The number of hydrogen-bond acceptors (Lipinski definition) is 6. The number of halogens is 2. The predicted molar refractivity (Wildman–Crippen MR) is 198 cm³/mol. The average Bonchev–Trinajstić information content (AvgIpc) is 3.44. The first-order valence-electron chi connectivity index (χ1n) is 16.9. The molecule has 0 N–H and O–H groups in total. The Morgan fingerprint density at radius 3 is 2.16 bits per heavy atom. The van der Waals surface area contributed by atoms with Gasteiger partial charge in [0.1, 0.15) is 11.6 Å². The highest BCUT2D eigenvalue weighted by atomic mass is 35.5. The summed E-state index contributed by atoms with van der Waals surface area (Å²) in [5, 5.41) is 1.65. The lowest BCUT2D eigenvalue weighted by Gasteiger charge is -2.24. The number of allylic oxidation sites excluding steroid dienone is 1. The molecule has 0 aliphatic heterocycles. The van der Waals surface area contributed by atoms with Crippen molar-refractivity contribution in [3.05, 3.63) is 131 Å². The standard InChI is InChI=1S/C42H41ClFNO6/c1-28(2)45-36-12-10-9-11-35(36)39(29-17-23-33(44)24-18-29)37(45)13-7-5-6-8-14-38(46)49-27-50-41(48)42(3,4)51-34-25-19-31(20-26-34)40(47)30-15-21-32(43)22-16-30/h7,9-13,15-26,28H,5-6,8,14,27H2,1-4H3/b13-7+. The number of unbranched alkanes of at least 4 members (excludes halogenated alkanes) is 2. The number of ketones is 1. The second-order valence-corrected chi connectivity index (χ2v) is 13.4. The average molecular weight is 710 g/mol. The topological polar surface area (TPSA) is 83.8 Å². The Morgan fingerprint density at radius 1 is 0.843 bits per heavy atom. The molecule has 7 nitrogen and oxygen atoms in total. The Bertz CT molecular complexity index is 2010. The number of nitrogens with zero attached hydrogens (tertiary/aromatic N) is 1. The van der Waals surface area contributed by atoms with E-state index >= 15 is 0 Å². The summed E-state index contributed by atoms with van der Waals surface area (Å²) in [7, 11) is 0. The fourth-order valence-corrected chi connectivity index (χ4v) is 5.95. The van der Waals surface area contributed by atoms with Crippen LogP contribution in [0.15, 0.2) is 103 Å². The van der Waals surface area contributed by atoms with E-state index in [-0.39, 0.29) is 24.1 Å². The van der Waals surface area contributed by atoms with Crippen molar-refractivity contribution < 1.29 is 33.0 Å². The van der Waals surface area contributed by atoms with E-state index in [9.17, 15) is 18.8 Å². The smallest absolute Gasteiger partial charge is 0.352 e. The number of fused-ring (bicyclic) bond motifs is 1. The molecular weight excluding hydrogens is 669 g/mol. The maximum absolute atomic E-state index is 13.7. The molecule has 51 heavy (non-hydrogen) atoms. The van der Waals surface area contributed by atoms with Crippen LogP contribution in [-0.2, 0) is 19.1 Å². The van der Waals surface area contributed by atoms with Gasteiger partial charge in [-0.3, -0.25) is 9.59 Å². The molecule has 5 rings (SSSR count). The first-order valence-corrected chi connectivity index (χ1v) is 17.3. The van der Waals surface area contributed by atoms with Gasteiger partial charge in [-0.1, -0.05) is 48.0 Å². The van der Waals surface area contributed by atoms with Crippen LogP contribution in [-0.4, -0.2) is 34.7 Å². The highest BCUT2D eigenvalue weighted by Crippen LogP contribution is 2.38. The van der Waals surface area contributed by atoms with E-state index in [1.807, 2.05) is 24.3 Å². The predicted octanol–water partition coefficient (Wildman–Crippen LogP) is 10.4. The van der Waals surface area contributed by atoms with Crippen molar-refractivity contribution >= 4 is 46.3 Å². The summed E-state index contributed by atoms with van der Waals surface area (Å²) in [5.74, 6) is -1.25. The quantitative estimate of drug-likeness (QED) is 0.0466. The first-order chi connectivity index (χ1) is 24.4. The molecule has 0 fully saturated rings. The summed E-state index contributed by atoms with van der Waals surface area (Å²) in [6.45, 7) is 6.84. The summed E-state index contributed by atoms with van der Waals surface area (Å²) < 4.78 is 32.2. The third-order valence-electron chi connectivity index (χ3n) is 8.37. The molecule has 0 unspecified atom stereocenters. The van der Waals surface area contributed by atoms with Crippen LogP contribution in [0.2, 0.25) is 5.02 Å². The maximum atomic E-state index is 13.7. The molecule has 264 valence electrons. The van der Waals surface area contributed by atoms with Crippen molar-refractivity contribution in [1.82, 2.24) is 4.57 Å². The summed E-state index contributed by atoms with van der Waals surface area (Å²) in [4.78, 5) is 37.8. The Hall–Kier alpha value is -5.21. The Kier molecular flexibility index (Phi) is 12.1. The minimum Gasteiger partial charge on any atom is -0.476 e. The van der Waals surface area contributed by atoms with E-state index in [4.69, 9.17) is 25.8 Å². The fraction of sp³-hybridized carbons (Fsp3) is 0.262. The number of para-hydroxylation sites is 1. The number of hydrogen-bond donors (Lipinski definition) is 0. The van der Waals surface area contributed by atoms with Crippen LogP contribution in [0, 0.1) is 5.82 Å². The molecule has 0 aliphatic rings. The van der Waals surface area contributed by atoms with Crippen LogP contribution in [0.3, 0.4) is 0 Å². The lowest BCUT2D eigenvalue weighted by molar-refractivity contribution is -0.177. The largest absolute Gasteiger partial charge is 0.476 e. The van der Waals surface area contributed by atoms with Crippen LogP contribution in [0.4, 0.5) is 4.39 Å². The second-order valence-electron chi connectivity index (χ2n) is 12.9. The van der Waals surface area contributed by atoms with Crippen LogP contribution < -0.4 is 4.74 Å². The molecule has 0 radical (unpaired) electrons. The van der Waals surface area contributed by atoms with Crippen molar-refractivity contribution in [2.24, 2.45) is 0 Å². The molecule has 9 heteroatoms. The van der Waals surface area contributed by atoms with Gasteiger partial charge in [0.2, 0.25) is 6.79 Å². The third-order valence-corrected chi connectivity index (χ3v) is 8.62. The van der Waals surface area contributed by atoms with Crippen molar-refractivity contribution in [1.29, 1.82) is 0 Å². The first kappa shape index (κ1) is 37.1. The summed E-state index contributed by atoms with van der Waals surface area (Å²) in [6, 6.07) is 28.0. The van der Waals surface area contributed by atoms with E-state index in [0.717, 1.165) is 40.6 Å². The Labute approximate surface area is 302 Å². The minimum atomic E-state index is -1.38. The van der Waals surface area contributed by atoms with E-state index in [1.54, 1.807) is 62.4 Å². The van der Waals surface area contributed by atoms with E-state index in [1.165, 1.54) is 12.1 Å². The van der Waals surface area contributed by atoms with Gasteiger partial charge in [-0.05, 0) is 125 Å². The monoisotopic (exact) mass is 709 g/mol. The molecule has 0 aliphatic carbocycles. The van der Waals surface area contributed by atoms with E-state index in [2.05, 4.69) is 42.7 Å². The molecule has 1 aromatic heterocycles. The van der Waals surface area contributed by atoms with Crippen LogP contribution in [0.25, 0.3) is 28.1 Å². The van der Waals surface area contributed by atoms with E-state index in [0.29, 0.717) is 28.3 Å². The molecule has 0 atom stereocenters. The normalized spacial score (nSPS) is 11.7. The lowest BCUT2D eigenvalue weighted by Crippen LogP contribution is -2.40. The molecule has 1 heterocycles. The number of rotatable bonds is 15. The summed E-state index contributed by atoms with van der Waals surface area (Å²) in [6.07, 6.45) is 6.48. The van der Waals surface area contributed by atoms with Gasteiger partial charge in [0.05, 0.1) is 0 Å². The number of carbonyl (C=O) groups excluding carboxylic acids is 3. The molecule has 0 saturated heterocycles. The van der Waals surface area contributed by atoms with Crippen molar-refractivity contribution in [3.8, 4) is 16.9 Å². The van der Waals surface area contributed by atoms with Gasteiger partial charge < -0.3 is 18.8 Å². The number of benzene rings is 4. The molecule has 0 spiro atoms. The zero-order chi connectivity index (χ0) is 36.5. The Balaban J connectivity index is 1.07. The summed E-state index contributed by atoms with van der Waals surface area (Å²) >= 11 is 5.91. The SMILES string of the molecule is CC(C)n1c(/C=C/CCCCC(=O)OCOC(=O)C(C)(C)Oc2ccc(C(=O)c3ccc(Cl)cc3)cc2)c(-c2ccc(F)cc2)c2ccccc21. The number of carbonyl (C=O) groups is 3. The highest BCUT2D eigenvalue weighted by molar-refractivity contribution is 6.30. The van der Waals surface area contributed by atoms with Crippen LogP contribution in [0.1, 0.15) is 81.0 Å². The van der Waals surface area contributed by atoms with Gasteiger partial charge in [0, 0.05) is 50.8 Å². The third kappa shape index (κ3) is 9.32. The zero-order valence-electron chi connectivity index (χ0n) is 29.2.